The first kappa shape index (κ1) is 20.8. The fraction of sp³-hybridized carbons (Fsp3) is 0.182. The molecule has 0 saturated carbocycles. The molecule has 0 unspecified atom stereocenters. The summed E-state index contributed by atoms with van der Waals surface area (Å²) >= 11 is 0. The Morgan fingerprint density at radius 2 is 1.59 bits per heavy atom. The van der Waals surface area contributed by atoms with Crippen LogP contribution in [0.15, 0.2) is 83.8 Å². The SMILES string of the molecule is Cc1ccc(S(=O)(=O)N(C[C@@H](O)COc2ccccc2)c2ccc(F)cc2)cc1. The van der Waals surface area contributed by atoms with E-state index in [1.165, 1.54) is 36.4 Å². The minimum atomic E-state index is -3.97. The number of hydrogen-bond acceptors (Lipinski definition) is 4. The van der Waals surface area contributed by atoms with Gasteiger partial charge in [0.2, 0.25) is 0 Å². The Morgan fingerprint density at radius 1 is 0.966 bits per heavy atom. The third-order valence-electron chi connectivity index (χ3n) is 4.29. The van der Waals surface area contributed by atoms with E-state index in [1.54, 1.807) is 36.4 Å². The van der Waals surface area contributed by atoms with Crippen molar-refractivity contribution in [1.82, 2.24) is 0 Å². The predicted octanol–water partition coefficient (Wildman–Crippen LogP) is 3.77. The van der Waals surface area contributed by atoms with Gasteiger partial charge >= 0.3 is 0 Å². The van der Waals surface area contributed by atoms with Crippen LogP contribution in [-0.2, 0) is 10.0 Å². The molecule has 7 heteroatoms. The van der Waals surface area contributed by atoms with Gasteiger partial charge in [0.15, 0.2) is 0 Å². The van der Waals surface area contributed by atoms with Crippen LogP contribution < -0.4 is 9.04 Å². The Kier molecular flexibility index (Phi) is 6.51. The smallest absolute Gasteiger partial charge is 0.264 e. The highest BCUT2D eigenvalue weighted by Gasteiger charge is 2.27. The Hall–Kier alpha value is -2.90. The molecular weight excluding hydrogens is 393 g/mol. The number of aliphatic hydroxyl groups is 1. The lowest BCUT2D eigenvalue weighted by Crippen LogP contribution is -2.39. The van der Waals surface area contributed by atoms with Crippen LogP contribution in [0, 0.1) is 12.7 Å². The average molecular weight is 415 g/mol. The highest BCUT2D eigenvalue weighted by atomic mass is 32.2. The van der Waals surface area contributed by atoms with Crippen molar-refractivity contribution in [3.63, 3.8) is 0 Å². The van der Waals surface area contributed by atoms with E-state index in [-0.39, 0.29) is 23.7 Å². The first-order valence-electron chi connectivity index (χ1n) is 9.07. The lowest BCUT2D eigenvalue weighted by Gasteiger charge is -2.27. The van der Waals surface area contributed by atoms with Gasteiger partial charge < -0.3 is 9.84 Å². The molecule has 0 radical (unpaired) electrons. The Balaban J connectivity index is 1.84. The fourth-order valence-electron chi connectivity index (χ4n) is 2.74. The van der Waals surface area contributed by atoms with E-state index in [0.717, 1.165) is 9.87 Å². The van der Waals surface area contributed by atoms with Gasteiger partial charge in [0.25, 0.3) is 10.0 Å². The molecule has 3 aromatic carbocycles. The average Bonchev–Trinajstić information content (AvgIpc) is 2.72. The topological polar surface area (TPSA) is 66.8 Å². The second-order valence-corrected chi connectivity index (χ2v) is 8.47. The van der Waals surface area contributed by atoms with E-state index < -0.39 is 21.9 Å². The van der Waals surface area contributed by atoms with Gasteiger partial charge in [-0.1, -0.05) is 35.9 Å². The summed E-state index contributed by atoms with van der Waals surface area (Å²) < 4.78 is 46.4. The van der Waals surface area contributed by atoms with Crippen LogP contribution in [0.2, 0.25) is 0 Å². The third kappa shape index (κ3) is 5.34. The summed E-state index contributed by atoms with van der Waals surface area (Å²) in [4.78, 5) is 0.0867. The van der Waals surface area contributed by atoms with Crippen molar-refractivity contribution in [2.75, 3.05) is 17.5 Å². The minimum absolute atomic E-state index is 0.0867. The summed E-state index contributed by atoms with van der Waals surface area (Å²) in [5, 5.41) is 10.4. The number of nitrogens with zero attached hydrogens (tertiary/aromatic N) is 1. The molecule has 1 atom stereocenters. The molecule has 0 aliphatic carbocycles. The van der Waals surface area contributed by atoms with Crippen molar-refractivity contribution in [3.05, 3.63) is 90.2 Å². The molecule has 5 nitrogen and oxygen atoms in total. The maximum absolute atomic E-state index is 13.3. The molecular formula is C22H22FNO4S. The number of hydrogen-bond donors (Lipinski definition) is 1. The number of halogens is 1. The van der Waals surface area contributed by atoms with Crippen LogP contribution in [0.5, 0.6) is 5.75 Å². The van der Waals surface area contributed by atoms with Crippen molar-refractivity contribution in [2.45, 2.75) is 17.9 Å². The van der Waals surface area contributed by atoms with Crippen molar-refractivity contribution in [3.8, 4) is 5.75 Å². The van der Waals surface area contributed by atoms with Gasteiger partial charge in [-0.3, -0.25) is 4.31 Å². The minimum Gasteiger partial charge on any atom is -0.491 e. The molecule has 0 spiro atoms. The van der Waals surface area contributed by atoms with E-state index in [4.69, 9.17) is 4.74 Å². The van der Waals surface area contributed by atoms with Crippen LogP contribution >= 0.6 is 0 Å². The molecule has 0 aliphatic heterocycles. The molecule has 152 valence electrons. The Bertz CT molecular complexity index is 1020. The molecule has 1 N–H and O–H groups in total. The molecule has 3 aromatic rings. The van der Waals surface area contributed by atoms with Crippen LogP contribution in [0.1, 0.15) is 5.56 Å². The van der Waals surface area contributed by atoms with Crippen molar-refractivity contribution in [2.24, 2.45) is 0 Å². The largest absolute Gasteiger partial charge is 0.491 e. The highest BCUT2D eigenvalue weighted by molar-refractivity contribution is 7.92. The maximum atomic E-state index is 13.3. The third-order valence-corrected chi connectivity index (χ3v) is 6.09. The van der Waals surface area contributed by atoms with Gasteiger partial charge in [-0.25, -0.2) is 12.8 Å². The second-order valence-electron chi connectivity index (χ2n) is 6.60. The summed E-state index contributed by atoms with van der Waals surface area (Å²) in [5.41, 5.74) is 1.18. The summed E-state index contributed by atoms with van der Waals surface area (Å²) in [6, 6.07) is 20.4. The first-order valence-corrected chi connectivity index (χ1v) is 10.5. The lowest BCUT2D eigenvalue weighted by atomic mass is 10.2. The number of benzene rings is 3. The molecule has 0 amide bonds. The summed E-state index contributed by atoms with van der Waals surface area (Å²) in [6.45, 7) is 1.53. The molecule has 0 bridgehead atoms. The lowest BCUT2D eigenvalue weighted by molar-refractivity contribution is 0.115. The number of rotatable bonds is 8. The van der Waals surface area contributed by atoms with E-state index in [0.29, 0.717) is 5.75 Å². The monoisotopic (exact) mass is 415 g/mol. The number of anilines is 1. The summed E-state index contributed by atoms with van der Waals surface area (Å²) in [6.07, 6.45) is -1.10. The Labute approximate surface area is 170 Å². The molecule has 0 aromatic heterocycles. The second kappa shape index (κ2) is 9.07. The van der Waals surface area contributed by atoms with Crippen molar-refractivity contribution >= 4 is 15.7 Å². The van der Waals surface area contributed by atoms with Gasteiger partial charge in [0, 0.05) is 0 Å². The molecule has 3 rings (SSSR count). The number of para-hydroxylation sites is 1. The van der Waals surface area contributed by atoms with E-state index in [9.17, 15) is 17.9 Å². The normalized spacial score (nSPS) is 12.4. The molecule has 29 heavy (non-hydrogen) atoms. The van der Waals surface area contributed by atoms with Gasteiger partial charge in [0.05, 0.1) is 17.1 Å². The standard InChI is InChI=1S/C22H22FNO4S/c1-17-7-13-22(14-8-17)29(26,27)24(19-11-9-18(23)10-12-19)15-20(25)16-28-21-5-3-2-4-6-21/h2-14,20,25H,15-16H2,1H3/t20-/m1/s1. The molecule has 0 aliphatic rings. The molecule has 0 heterocycles. The van der Waals surface area contributed by atoms with Gasteiger partial charge in [-0.2, -0.15) is 0 Å². The van der Waals surface area contributed by atoms with Crippen LogP contribution in [0.25, 0.3) is 0 Å². The number of ether oxygens (including phenoxy) is 1. The van der Waals surface area contributed by atoms with Crippen molar-refractivity contribution in [1.29, 1.82) is 0 Å². The number of aryl methyl sites for hydroxylation is 1. The van der Waals surface area contributed by atoms with E-state index in [2.05, 4.69) is 0 Å². The summed E-state index contributed by atoms with van der Waals surface area (Å²) in [7, 11) is -3.97. The van der Waals surface area contributed by atoms with Crippen LogP contribution in [-0.4, -0.2) is 32.8 Å². The zero-order valence-electron chi connectivity index (χ0n) is 15.9. The van der Waals surface area contributed by atoms with E-state index >= 15 is 0 Å². The zero-order valence-corrected chi connectivity index (χ0v) is 16.7. The number of aliphatic hydroxyl groups excluding tert-OH is 1. The quantitative estimate of drug-likeness (QED) is 0.608. The van der Waals surface area contributed by atoms with Gasteiger partial charge in [-0.05, 0) is 55.5 Å². The van der Waals surface area contributed by atoms with Gasteiger partial charge in [0.1, 0.15) is 24.3 Å². The predicted molar refractivity (Wildman–Crippen MR) is 110 cm³/mol. The highest BCUT2D eigenvalue weighted by Crippen LogP contribution is 2.25. The zero-order chi connectivity index (χ0) is 20.9. The number of sulfonamides is 1. The van der Waals surface area contributed by atoms with Crippen LogP contribution in [0.4, 0.5) is 10.1 Å². The first-order chi connectivity index (χ1) is 13.9. The van der Waals surface area contributed by atoms with E-state index in [1.807, 2.05) is 13.0 Å². The molecule has 0 fully saturated rings. The summed E-state index contributed by atoms with van der Waals surface area (Å²) in [5.74, 6) is 0.0932. The molecule has 0 saturated heterocycles. The van der Waals surface area contributed by atoms with Crippen LogP contribution in [0.3, 0.4) is 0 Å². The fourth-order valence-corrected chi connectivity index (χ4v) is 4.24. The Morgan fingerprint density at radius 3 is 2.21 bits per heavy atom. The van der Waals surface area contributed by atoms with Crippen molar-refractivity contribution < 1.29 is 22.7 Å². The maximum Gasteiger partial charge on any atom is 0.264 e. The van der Waals surface area contributed by atoms with Gasteiger partial charge in [-0.15, -0.1) is 0 Å².